The number of carboxylic acids is 1. The number of likely N-dealkylation sites (tertiary alicyclic amines) is 1. The highest BCUT2D eigenvalue weighted by Gasteiger charge is 2.42. The van der Waals surface area contributed by atoms with Crippen LogP contribution in [0.1, 0.15) is 32.1 Å². The Morgan fingerprint density at radius 3 is 2.43 bits per heavy atom. The number of piperidine rings is 2. The van der Waals surface area contributed by atoms with Crippen LogP contribution in [0.2, 0.25) is 0 Å². The van der Waals surface area contributed by atoms with Crippen LogP contribution in [-0.2, 0) is 14.3 Å². The summed E-state index contributed by atoms with van der Waals surface area (Å²) in [5, 5.41) is 12.1. The van der Waals surface area contributed by atoms with Crippen LogP contribution in [0.3, 0.4) is 0 Å². The number of amides is 1. The molecule has 1 amide bonds. The molecular formula is C15H26N2O4. The van der Waals surface area contributed by atoms with Gasteiger partial charge in [0, 0.05) is 26.6 Å². The lowest BCUT2D eigenvalue weighted by atomic mass is 9.77. The Balaban J connectivity index is 1.94. The zero-order valence-electron chi connectivity index (χ0n) is 12.8. The van der Waals surface area contributed by atoms with Crippen molar-refractivity contribution in [3.05, 3.63) is 0 Å². The molecule has 2 saturated heterocycles. The maximum atomic E-state index is 12.9. The molecule has 0 aromatic heterocycles. The lowest BCUT2D eigenvalue weighted by molar-refractivity contribution is -0.149. The molecule has 0 spiro atoms. The molecule has 0 saturated carbocycles. The first-order chi connectivity index (χ1) is 10.1. The summed E-state index contributed by atoms with van der Waals surface area (Å²) >= 11 is 0. The van der Waals surface area contributed by atoms with E-state index in [9.17, 15) is 9.59 Å². The molecule has 21 heavy (non-hydrogen) atoms. The van der Waals surface area contributed by atoms with Crippen LogP contribution in [0.4, 0.5) is 0 Å². The largest absolute Gasteiger partial charge is 0.481 e. The van der Waals surface area contributed by atoms with Gasteiger partial charge in [0.2, 0.25) is 5.91 Å². The van der Waals surface area contributed by atoms with Crippen molar-refractivity contribution in [2.24, 2.45) is 11.3 Å². The molecule has 2 aliphatic rings. The SMILES string of the molecule is COCC1(C(=O)N2CCC(CC(=O)O)CC2)CCNCC1. The van der Waals surface area contributed by atoms with Gasteiger partial charge in [-0.25, -0.2) is 0 Å². The Hall–Kier alpha value is -1.14. The number of ether oxygens (including phenoxy) is 1. The topological polar surface area (TPSA) is 78.9 Å². The van der Waals surface area contributed by atoms with Crippen LogP contribution in [-0.4, -0.2) is 61.8 Å². The molecule has 2 N–H and O–H groups in total. The smallest absolute Gasteiger partial charge is 0.303 e. The first kappa shape index (κ1) is 16.2. The van der Waals surface area contributed by atoms with E-state index in [-0.39, 0.29) is 23.7 Å². The Morgan fingerprint density at radius 2 is 1.90 bits per heavy atom. The van der Waals surface area contributed by atoms with E-state index in [1.165, 1.54) is 0 Å². The summed E-state index contributed by atoms with van der Waals surface area (Å²) in [5.74, 6) is -0.341. The van der Waals surface area contributed by atoms with Crippen molar-refractivity contribution >= 4 is 11.9 Å². The normalized spacial score (nSPS) is 23.0. The molecular weight excluding hydrogens is 272 g/mol. The Labute approximate surface area is 125 Å². The van der Waals surface area contributed by atoms with E-state index >= 15 is 0 Å². The number of nitrogens with one attached hydrogen (secondary N) is 1. The van der Waals surface area contributed by atoms with Crippen LogP contribution >= 0.6 is 0 Å². The van der Waals surface area contributed by atoms with Crippen molar-refractivity contribution in [3.8, 4) is 0 Å². The number of methoxy groups -OCH3 is 1. The first-order valence-corrected chi connectivity index (χ1v) is 7.78. The number of hydrogen-bond donors (Lipinski definition) is 2. The summed E-state index contributed by atoms with van der Waals surface area (Å²) in [6.45, 7) is 3.53. The Morgan fingerprint density at radius 1 is 1.29 bits per heavy atom. The monoisotopic (exact) mass is 298 g/mol. The summed E-state index contributed by atoms with van der Waals surface area (Å²) in [4.78, 5) is 25.6. The van der Waals surface area contributed by atoms with Crippen molar-refractivity contribution in [3.63, 3.8) is 0 Å². The van der Waals surface area contributed by atoms with Crippen LogP contribution < -0.4 is 5.32 Å². The molecule has 0 atom stereocenters. The lowest BCUT2D eigenvalue weighted by Crippen LogP contribution is -2.53. The van der Waals surface area contributed by atoms with Crippen molar-refractivity contribution in [2.75, 3.05) is 39.9 Å². The third kappa shape index (κ3) is 3.95. The van der Waals surface area contributed by atoms with E-state index in [0.29, 0.717) is 19.7 Å². The van der Waals surface area contributed by atoms with Crippen molar-refractivity contribution in [1.29, 1.82) is 0 Å². The van der Waals surface area contributed by atoms with E-state index in [4.69, 9.17) is 9.84 Å². The fourth-order valence-corrected chi connectivity index (χ4v) is 3.52. The maximum absolute atomic E-state index is 12.9. The number of carboxylic acid groups (broad SMARTS) is 1. The summed E-state index contributed by atoms with van der Waals surface area (Å²) in [5.41, 5.74) is -0.389. The highest BCUT2D eigenvalue weighted by atomic mass is 16.5. The van der Waals surface area contributed by atoms with Gasteiger partial charge in [0.15, 0.2) is 0 Å². The van der Waals surface area contributed by atoms with Crippen LogP contribution in [0.5, 0.6) is 0 Å². The molecule has 0 aromatic carbocycles. The molecule has 0 bridgehead atoms. The minimum atomic E-state index is -0.742. The highest BCUT2D eigenvalue weighted by molar-refractivity contribution is 5.83. The van der Waals surface area contributed by atoms with Gasteiger partial charge in [0.05, 0.1) is 12.0 Å². The summed E-state index contributed by atoms with van der Waals surface area (Å²) < 4.78 is 5.32. The van der Waals surface area contributed by atoms with Gasteiger partial charge in [-0.3, -0.25) is 9.59 Å². The predicted octanol–water partition coefficient (Wildman–Crippen LogP) is 0.716. The van der Waals surface area contributed by atoms with Crippen molar-refractivity contribution < 1.29 is 19.4 Å². The molecule has 2 rings (SSSR count). The van der Waals surface area contributed by atoms with Gasteiger partial charge < -0.3 is 20.1 Å². The fraction of sp³-hybridized carbons (Fsp3) is 0.867. The standard InChI is InChI=1S/C15H26N2O4/c1-21-11-15(4-6-16-7-5-15)14(20)17-8-2-12(3-9-17)10-13(18)19/h12,16H,2-11H2,1H3,(H,18,19). The minimum Gasteiger partial charge on any atom is -0.481 e. The van der Waals surface area contributed by atoms with Gasteiger partial charge >= 0.3 is 5.97 Å². The average Bonchev–Trinajstić information content (AvgIpc) is 2.48. The van der Waals surface area contributed by atoms with E-state index in [1.807, 2.05) is 4.90 Å². The lowest BCUT2D eigenvalue weighted by Gasteiger charge is -2.41. The van der Waals surface area contributed by atoms with E-state index in [2.05, 4.69) is 5.32 Å². The minimum absolute atomic E-state index is 0.194. The van der Waals surface area contributed by atoms with Gasteiger partial charge in [-0.1, -0.05) is 0 Å². The van der Waals surface area contributed by atoms with E-state index < -0.39 is 5.97 Å². The molecule has 0 aromatic rings. The number of nitrogens with zero attached hydrogens (tertiary/aromatic N) is 1. The number of rotatable bonds is 5. The molecule has 0 unspecified atom stereocenters. The van der Waals surface area contributed by atoms with Gasteiger partial charge in [0.1, 0.15) is 0 Å². The van der Waals surface area contributed by atoms with Crippen LogP contribution in [0.25, 0.3) is 0 Å². The average molecular weight is 298 g/mol. The molecule has 2 heterocycles. The predicted molar refractivity (Wildman–Crippen MR) is 78.0 cm³/mol. The quantitative estimate of drug-likeness (QED) is 0.782. The van der Waals surface area contributed by atoms with Gasteiger partial charge in [0.25, 0.3) is 0 Å². The zero-order chi connectivity index (χ0) is 15.3. The first-order valence-electron chi connectivity index (χ1n) is 7.78. The third-order valence-corrected chi connectivity index (χ3v) is 4.80. The second kappa shape index (κ2) is 7.22. The second-order valence-corrected chi connectivity index (χ2v) is 6.30. The number of carbonyl (C=O) groups excluding carboxylic acids is 1. The van der Waals surface area contributed by atoms with E-state index in [0.717, 1.165) is 38.8 Å². The Bertz CT molecular complexity index is 366. The van der Waals surface area contributed by atoms with Gasteiger partial charge in [-0.2, -0.15) is 0 Å². The summed E-state index contributed by atoms with van der Waals surface area (Å²) in [6.07, 6.45) is 3.43. The molecule has 2 aliphatic heterocycles. The third-order valence-electron chi connectivity index (χ3n) is 4.80. The van der Waals surface area contributed by atoms with Gasteiger partial charge in [-0.15, -0.1) is 0 Å². The van der Waals surface area contributed by atoms with Crippen molar-refractivity contribution in [1.82, 2.24) is 10.2 Å². The number of aliphatic carboxylic acids is 1. The highest BCUT2D eigenvalue weighted by Crippen LogP contribution is 2.33. The van der Waals surface area contributed by atoms with Gasteiger partial charge in [-0.05, 0) is 44.7 Å². The number of hydrogen-bond acceptors (Lipinski definition) is 4. The maximum Gasteiger partial charge on any atom is 0.303 e. The molecule has 0 radical (unpaired) electrons. The summed E-state index contributed by atoms with van der Waals surface area (Å²) in [6, 6.07) is 0. The molecule has 6 heteroatoms. The second-order valence-electron chi connectivity index (χ2n) is 6.30. The van der Waals surface area contributed by atoms with Crippen LogP contribution in [0, 0.1) is 11.3 Å². The number of carbonyl (C=O) groups is 2. The molecule has 0 aliphatic carbocycles. The molecule has 120 valence electrons. The molecule has 6 nitrogen and oxygen atoms in total. The van der Waals surface area contributed by atoms with Crippen LogP contribution in [0.15, 0.2) is 0 Å². The fourth-order valence-electron chi connectivity index (χ4n) is 3.52. The van der Waals surface area contributed by atoms with Crippen molar-refractivity contribution in [2.45, 2.75) is 32.1 Å². The van der Waals surface area contributed by atoms with E-state index in [1.54, 1.807) is 7.11 Å². The Kier molecular flexibility index (Phi) is 5.58. The summed E-state index contributed by atoms with van der Waals surface area (Å²) in [7, 11) is 1.65. The zero-order valence-corrected chi connectivity index (χ0v) is 12.8. The molecule has 2 fully saturated rings.